The minimum Gasteiger partial charge on any atom is -0.466 e. The van der Waals surface area contributed by atoms with Gasteiger partial charge in [-0.1, -0.05) is 17.7 Å². The van der Waals surface area contributed by atoms with E-state index >= 15 is 0 Å². The molecule has 0 aliphatic heterocycles. The number of esters is 1. The minimum atomic E-state index is -0.222. The fourth-order valence-corrected chi connectivity index (χ4v) is 2.74. The molecule has 100 valence electrons. The maximum Gasteiger partial charge on any atom is 0.311 e. The van der Waals surface area contributed by atoms with Crippen molar-refractivity contribution in [2.75, 3.05) is 6.61 Å². The zero-order valence-corrected chi connectivity index (χ0v) is 12.2. The van der Waals surface area contributed by atoms with E-state index < -0.39 is 0 Å². The van der Waals surface area contributed by atoms with Gasteiger partial charge >= 0.3 is 5.97 Å². The van der Waals surface area contributed by atoms with Gasteiger partial charge in [0.1, 0.15) is 5.01 Å². The molecule has 2 rings (SSSR count). The summed E-state index contributed by atoms with van der Waals surface area (Å²) in [6.07, 6.45) is 0.245. The second kappa shape index (κ2) is 5.97. The third-order valence-electron chi connectivity index (χ3n) is 2.81. The lowest BCUT2D eigenvalue weighted by Gasteiger charge is -2.03. The number of nitrogens with zero attached hydrogens (tertiary/aromatic N) is 1. The molecule has 0 radical (unpaired) electrons. The first-order valence-corrected chi connectivity index (χ1v) is 7.15. The highest BCUT2D eigenvalue weighted by atomic mass is 32.1. The molecule has 0 aliphatic carbocycles. The Morgan fingerprint density at radius 3 is 2.89 bits per heavy atom. The highest BCUT2D eigenvalue weighted by Gasteiger charge is 2.11. The third-order valence-corrected chi connectivity index (χ3v) is 3.73. The lowest BCUT2D eigenvalue weighted by atomic mass is 10.1. The van der Waals surface area contributed by atoms with Crippen molar-refractivity contribution in [1.29, 1.82) is 0 Å². The minimum absolute atomic E-state index is 0.222. The van der Waals surface area contributed by atoms with Crippen LogP contribution in [0.15, 0.2) is 23.6 Å². The van der Waals surface area contributed by atoms with Crippen LogP contribution in [0, 0.1) is 13.8 Å². The molecule has 1 aromatic carbocycles. The van der Waals surface area contributed by atoms with Crippen molar-refractivity contribution in [3.8, 4) is 10.6 Å². The molecule has 19 heavy (non-hydrogen) atoms. The number of rotatable bonds is 4. The number of carbonyl (C=O) groups is 1. The van der Waals surface area contributed by atoms with Crippen LogP contribution in [0.5, 0.6) is 0 Å². The van der Waals surface area contributed by atoms with Crippen LogP contribution in [0.2, 0.25) is 0 Å². The van der Waals surface area contributed by atoms with Crippen LogP contribution in [0.1, 0.15) is 23.7 Å². The summed E-state index contributed by atoms with van der Waals surface area (Å²) in [5.74, 6) is -0.222. The number of benzene rings is 1. The molecule has 3 nitrogen and oxygen atoms in total. The standard InChI is InChI=1S/C15H17NO2S/c1-4-18-14(17)8-12-9-19-15(16-12)13-7-10(2)5-6-11(13)3/h5-7,9H,4,8H2,1-3H3. The van der Waals surface area contributed by atoms with Crippen LogP contribution in [0.4, 0.5) is 0 Å². The molecule has 0 unspecified atom stereocenters. The van der Waals surface area contributed by atoms with Gasteiger partial charge in [0.05, 0.1) is 18.7 Å². The van der Waals surface area contributed by atoms with E-state index in [1.54, 1.807) is 18.3 Å². The Bertz CT molecular complexity index is 590. The summed E-state index contributed by atoms with van der Waals surface area (Å²) in [6.45, 7) is 6.35. The summed E-state index contributed by atoms with van der Waals surface area (Å²) in [5.41, 5.74) is 4.32. The van der Waals surface area contributed by atoms with Crippen molar-refractivity contribution in [1.82, 2.24) is 4.98 Å². The van der Waals surface area contributed by atoms with Gasteiger partial charge in [-0.2, -0.15) is 0 Å². The Morgan fingerprint density at radius 1 is 1.37 bits per heavy atom. The van der Waals surface area contributed by atoms with Crippen molar-refractivity contribution in [3.05, 3.63) is 40.4 Å². The maximum atomic E-state index is 11.4. The molecule has 1 aromatic heterocycles. The number of thiazole rings is 1. The molecule has 2 aromatic rings. The number of hydrogen-bond acceptors (Lipinski definition) is 4. The number of ether oxygens (including phenoxy) is 1. The van der Waals surface area contributed by atoms with Gasteiger partial charge in [-0.05, 0) is 32.4 Å². The number of hydrogen-bond donors (Lipinski definition) is 0. The summed E-state index contributed by atoms with van der Waals surface area (Å²) >= 11 is 1.57. The van der Waals surface area contributed by atoms with Crippen LogP contribution in [0.25, 0.3) is 10.6 Å². The molecule has 0 amide bonds. The molecular weight excluding hydrogens is 258 g/mol. The van der Waals surface area contributed by atoms with Crippen molar-refractivity contribution in [3.63, 3.8) is 0 Å². The van der Waals surface area contributed by atoms with Crippen molar-refractivity contribution >= 4 is 17.3 Å². The van der Waals surface area contributed by atoms with Crippen molar-refractivity contribution in [2.45, 2.75) is 27.2 Å². The highest BCUT2D eigenvalue weighted by molar-refractivity contribution is 7.13. The highest BCUT2D eigenvalue weighted by Crippen LogP contribution is 2.27. The molecule has 0 saturated heterocycles. The first kappa shape index (κ1) is 13.7. The van der Waals surface area contributed by atoms with Crippen LogP contribution in [0.3, 0.4) is 0 Å². The number of aryl methyl sites for hydroxylation is 2. The smallest absolute Gasteiger partial charge is 0.311 e. The van der Waals surface area contributed by atoms with E-state index in [1.165, 1.54) is 11.1 Å². The SMILES string of the molecule is CCOC(=O)Cc1csc(-c2cc(C)ccc2C)n1. The van der Waals surface area contributed by atoms with Crippen LogP contribution in [-0.4, -0.2) is 17.6 Å². The van der Waals surface area contributed by atoms with Gasteiger partial charge in [-0.15, -0.1) is 11.3 Å². The fraction of sp³-hybridized carbons (Fsp3) is 0.333. The van der Waals surface area contributed by atoms with E-state index in [0.717, 1.165) is 16.3 Å². The average molecular weight is 275 g/mol. The molecular formula is C15H17NO2S. The zero-order chi connectivity index (χ0) is 13.8. The maximum absolute atomic E-state index is 11.4. The Labute approximate surface area is 117 Å². The van der Waals surface area contributed by atoms with Gasteiger partial charge in [0.2, 0.25) is 0 Å². The van der Waals surface area contributed by atoms with Gasteiger partial charge in [-0.25, -0.2) is 4.98 Å². The molecule has 1 heterocycles. The number of carbonyl (C=O) groups excluding carboxylic acids is 1. The summed E-state index contributed by atoms with van der Waals surface area (Å²) in [7, 11) is 0. The Kier molecular flexibility index (Phi) is 4.32. The topological polar surface area (TPSA) is 39.2 Å². The predicted molar refractivity (Wildman–Crippen MR) is 77.4 cm³/mol. The van der Waals surface area contributed by atoms with Gasteiger partial charge in [0.15, 0.2) is 0 Å². The summed E-state index contributed by atoms with van der Waals surface area (Å²) in [5, 5.41) is 2.88. The van der Waals surface area contributed by atoms with E-state index in [0.29, 0.717) is 6.61 Å². The molecule has 0 fully saturated rings. The monoisotopic (exact) mass is 275 g/mol. The summed E-state index contributed by atoms with van der Waals surface area (Å²) < 4.78 is 4.93. The van der Waals surface area contributed by atoms with Crippen LogP contribution >= 0.6 is 11.3 Å². The van der Waals surface area contributed by atoms with E-state index in [2.05, 4.69) is 37.0 Å². The predicted octanol–water partition coefficient (Wildman–Crippen LogP) is 3.53. The Morgan fingerprint density at radius 2 is 2.16 bits per heavy atom. The van der Waals surface area contributed by atoms with Gasteiger partial charge in [0, 0.05) is 10.9 Å². The molecule has 0 N–H and O–H groups in total. The number of aromatic nitrogens is 1. The second-order valence-corrected chi connectivity index (χ2v) is 5.30. The van der Waals surface area contributed by atoms with Gasteiger partial charge < -0.3 is 4.74 Å². The fourth-order valence-electron chi connectivity index (χ4n) is 1.84. The summed E-state index contributed by atoms with van der Waals surface area (Å²) in [6, 6.07) is 6.31. The lowest BCUT2D eigenvalue weighted by Crippen LogP contribution is -2.07. The van der Waals surface area contributed by atoms with E-state index in [9.17, 15) is 4.79 Å². The normalized spacial score (nSPS) is 10.5. The molecule has 0 spiro atoms. The Hall–Kier alpha value is -1.68. The summed E-state index contributed by atoms with van der Waals surface area (Å²) in [4.78, 5) is 15.9. The molecule has 4 heteroatoms. The zero-order valence-electron chi connectivity index (χ0n) is 11.4. The largest absolute Gasteiger partial charge is 0.466 e. The van der Waals surface area contributed by atoms with E-state index in [4.69, 9.17) is 4.74 Å². The Balaban J connectivity index is 2.21. The van der Waals surface area contributed by atoms with E-state index in [-0.39, 0.29) is 12.4 Å². The van der Waals surface area contributed by atoms with Crippen molar-refractivity contribution < 1.29 is 9.53 Å². The van der Waals surface area contributed by atoms with Crippen molar-refractivity contribution in [2.24, 2.45) is 0 Å². The first-order chi connectivity index (χ1) is 9.10. The molecule has 0 bridgehead atoms. The third kappa shape index (κ3) is 3.41. The van der Waals surface area contributed by atoms with Crippen LogP contribution < -0.4 is 0 Å². The molecule has 0 saturated carbocycles. The first-order valence-electron chi connectivity index (χ1n) is 6.27. The molecule has 0 atom stereocenters. The van der Waals surface area contributed by atoms with E-state index in [1.807, 2.05) is 5.38 Å². The lowest BCUT2D eigenvalue weighted by molar-refractivity contribution is -0.142. The van der Waals surface area contributed by atoms with Crippen LogP contribution in [-0.2, 0) is 16.0 Å². The average Bonchev–Trinajstić information content (AvgIpc) is 2.81. The second-order valence-electron chi connectivity index (χ2n) is 4.44. The quantitative estimate of drug-likeness (QED) is 0.801. The van der Waals surface area contributed by atoms with Gasteiger partial charge in [-0.3, -0.25) is 4.79 Å². The molecule has 0 aliphatic rings. The van der Waals surface area contributed by atoms with Gasteiger partial charge in [0.25, 0.3) is 0 Å².